The Balaban J connectivity index is 1.41. The van der Waals surface area contributed by atoms with Gasteiger partial charge in [0.15, 0.2) is 0 Å². The fourth-order valence-corrected chi connectivity index (χ4v) is 4.70. The van der Waals surface area contributed by atoms with Gasteiger partial charge in [-0.1, -0.05) is 35.9 Å². The number of ether oxygens (including phenoxy) is 1. The average molecular weight is 377 g/mol. The molecule has 4 heteroatoms. The summed E-state index contributed by atoms with van der Waals surface area (Å²) >= 11 is 0. The van der Waals surface area contributed by atoms with Crippen LogP contribution in [-0.2, 0) is 16.6 Å². The number of benzene rings is 2. The molecule has 0 spiro atoms. The SMILES string of the molecule is Cc1ccc(C2(C(=O)NC(c3ccc4c(c3)CCO4)C3CC(O)C3)CC2)cc1. The molecular formula is C24H27NO3. The average Bonchev–Trinajstić information content (AvgIpc) is 3.35. The Morgan fingerprint density at radius 3 is 2.61 bits per heavy atom. The second-order valence-electron chi connectivity index (χ2n) is 8.75. The molecule has 1 aliphatic heterocycles. The summed E-state index contributed by atoms with van der Waals surface area (Å²) in [6.45, 7) is 2.80. The van der Waals surface area contributed by atoms with Crippen molar-refractivity contribution in [3.05, 3.63) is 64.7 Å². The molecule has 1 unspecified atom stereocenters. The van der Waals surface area contributed by atoms with Gasteiger partial charge in [-0.15, -0.1) is 0 Å². The normalized spacial score (nSPS) is 25.2. The van der Waals surface area contributed by atoms with Crippen molar-refractivity contribution in [2.75, 3.05) is 6.61 Å². The van der Waals surface area contributed by atoms with Crippen molar-refractivity contribution in [2.45, 2.75) is 56.6 Å². The lowest BCUT2D eigenvalue weighted by atomic mass is 9.74. The molecule has 0 saturated heterocycles. The van der Waals surface area contributed by atoms with Gasteiger partial charge in [-0.05, 0) is 67.3 Å². The van der Waals surface area contributed by atoms with E-state index in [1.807, 2.05) is 6.07 Å². The largest absolute Gasteiger partial charge is 0.493 e. The number of carbonyl (C=O) groups is 1. The molecule has 3 aliphatic rings. The van der Waals surface area contributed by atoms with Crippen LogP contribution in [0.2, 0.25) is 0 Å². The van der Waals surface area contributed by atoms with Crippen molar-refractivity contribution in [3.8, 4) is 5.75 Å². The number of amides is 1. The third-order valence-corrected chi connectivity index (χ3v) is 6.77. The van der Waals surface area contributed by atoms with Crippen molar-refractivity contribution < 1.29 is 14.6 Å². The lowest BCUT2D eigenvalue weighted by Crippen LogP contribution is -2.44. The van der Waals surface area contributed by atoms with Gasteiger partial charge < -0.3 is 15.2 Å². The Labute approximate surface area is 165 Å². The summed E-state index contributed by atoms with van der Waals surface area (Å²) in [5, 5.41) is 13.2. The van der Waals surface area contributed by atoms with Crippen molar-refractivity contribution >= 4 is 5.91 Å². The highest BCUT2D eigenvalue weighted by atomic mass is 16.5. The van der Waals surface area contributed by atoms with Crippen molar-refractivity contribution in [3.63, 3.8) is 0 Å². The zero-order valence-electron chi connectivity index (χ0n) is 16.3. The molecule has 2 saturated carbocycles. The minimum atomic E-state index is -0.381. The zero-order chi connectivity index (χ0) is 19.3. The molecule has 1 atom stereocenters. The first-order valence-electron chi connectivity index (χ1n) is 10.4. The van der Waals surface area contributed by atoms with Crippen LogP contribution in [0.3, 0.4) is 0 Å². The number of hydrogen-bond donors (Lipinski definition) is 2. The molecule has 2 aromatic rings. The zero-order valence-corrected chi connectivity index (χ0v) is 16.3. The van der Waals surface area contributed by atoms with Crippen molar-refractivity contribution in [1.29, 1.82) is 0 Å². The Morgan fingerprint density at radius 1 is 1.18 bits per heavy atom. The van der Waals surface area contributed by atoms with E-state index < -0.39 is 0 Å². The molecule has 4 nitrogen and oxygen atoms in total. The number of aliphatic hydroxyl groups excluding tert-OH is 1. The van der Waals surface area contributed by atoms with Crippen LogP contribution in [-0.4, -0.2) is 23.7 Å². The van der Waals surface area contributed by atoms with Crippen LogP contribution in [0.25, 0.3) is 0 Å². The smallest absolute Gasteiger partial charge is 0.231 e. The predicted octanol–water partition coefficient (Wildman–Crippen LogP) is 3.59. The molecular weight excluding hydrogens is 350 g/mol. The van der Waals surface area contributed by atoms with Crippen LogP contribution >= 0.6 is 0 Å². The first kappa shape index (κ1) is 17.7. The van der Waals surface area contributed by atoms with Gasteiger partial charge in [0.25, 0.3) is 0 Å². The summed E-state index contributed by atoms with van der Waals surface area (Å²) in [6.07, 6.45) is 3.98. The van der Waals surface area contributed by atoms with Crippen LogP contribution in [0, 0.1) is 12.8 Å². The molecule has 0 bridgehead atoms. The summed E-state index contributed by atoms with van der Waals surface area (Å²) in [4.78, 5) is 13.4. The topological polar surface area (TPSA) is 58.6 Å². The third kappa shape index (κ3) is 3.00. The highest BCUT2D eigenvalue weighted by Gasteiger charge is 2.52. The molecule has 5 rings (SSSR count). The monoisotopic (exact) mass is 377 g/mol. The summed E-state index contributed by atoms with van der Waals surface area (Å²) in [5.74, 6) is 1.37. The highest BCUT2D eigenvalue weighted by molar-refractivity contribution is 5.91. The third-order valence-electron chi connectivity index (χ3n) is 6.77. The first-order chi connectivity index (χ1) is 13.5. The molecule has 146 valence electrons. The second kappa shape index (κ2) is 6.63. The molecule has 2 aromatic carbocycles. The van der Waals surface area contributed by atoms with E-state index in [0.717, 1.165) is 55.6 Å². The van der Waals surface area contributed by atoms with Crippen molar-refractivity contribution in [2.24, 2.45) is 5.92 Å². The van der Waals surface area contributed by atoms with Gasteiger partial charge in [0, 0.05) is 6.42 Å². The second-order valence-corrected chi connectivity index (χ2v) is 8.75. The fourth-order valence-electron chi connectivity index (χ4n) is 4.70. The summed E-state index contributed by atoms with van der Waals surface area (Å²) in [5.41, 5.74) is 4.30. The molecule has 2 aliphatic carbocycles. The Morgan fingerprint density at radius 2 is 1.93 bits per heavy atom. The van der Waals surface area contributed by atoms with Crippen LogP contribution in [0.1, 0.15) is 54.0 Å². The van der Waals surface area contributed by atoms with Crippen LogP contribution in [0.15, 0.2) is 42.5 Å². The molecule has 0 aromatic heterocycles. The van der Waals surface area contributed by atoms with E-state index in [-0.39, 0.29) is 29.4 Å². The maximum Gasteiger partial charge on any atom is 0.231 e. The van der Waals surface area contributed by atoms with Gasteiger partial charge in [-0.2, -0.15) is 0 Å². The molecule has 1 heterocycles. The van der Waals surface area contributed by atoms with Gasteiger partial charge in [-0.25, -0.2) is 0 Å². The number of carbonyl (C=O) groups excluding carboxylic acids is 1. The minimum Gasteiger partial charge on any atom is -0.493 e. The van der Waals surface area contributed by atoms with E-state index in [9.17, 15) is 9.90 Å². The van der Waals surface area contributed by atoms with E-state index in [1.165, 1.54) is 11.1 Å². The molecule has 2 fully saturated rings. The van der Waals surface area contributed by atoms with Gasteiger partial charge in [0.2, 0.25) is 5.91 Å². The maximum absolute atomic E-state index is 13.4. The highest BCUT2D eigenvalue weighted by Crippen LogP contribution is 2.49. The van der Waals surface area contributed by atoms with Crippen LogP contribution in [0.4, 0.5) is 0 Å². The number of hydrogen-bond acceptors (Lipinski definition) is 3. The summed E-state index contributed by atoms with van der Waals surface area (Å²) in [6, 6.07) is 14.6. The molecule has 2 N–H and O–H groups in total. The fraction of sp³-hybridized carbons (Fsp3) is 0.458. The van der Waals surface area contributed by atoms with Gasteiger partial charge in [-0.3, -0.25) is 4.79 Å². The Hall–Kier alpha value is -2.33. The van der Waals surface area contributed by atoms with E-state index in [2.05, 4.69) is 48.6 Å². The van der Waals surface area contributed by atoms with Gasteiger partial charge >= 0.3 is 0 Å². The van der Waals surface area contributed by atoms with Crippen LogP contribution < -0.4 is 10.1 Å². The Kier molecular flexibility index (Phi) is 4.20. The van der Waals surface area contributed by atoms with E-state index in [0.29, 0.717) is 0 Å². The van der Waals surface area contributed by atoms with E-state index in [1.54, 1.807) is 0 Å². The lowest BCUT2D eigenvalue weighted by molar-refractivity contribution is -0.125. The van der Waals surface area contributed by atoms with Gasteiger partial charge in [0.1, 0.15) is 5.75 Å². The number of rotatable bonds is 5. The maximum atomic E-state index is 13.4. The standard InChI is InChI=1S/C24H27NO3/c1-15-2-5-19(6-3-15)24(9-10-24)23(27)25-22(18-13-20(26)14-18)17-4-7-21-16(12-17)8-11-28-21/h2-7,12,18,20,22,26H,8-11,13-14H2,1H3,(H,25,27). The minimum absolute atomic E-state index is 0.0512. The van der Waals surface area contributed by atoms with Crippen molar-refractivity contribution in [1.82, 2.24) is 5.32 Å². The molecule has 0 radical (unpaired) electrons. The predicted molar refractivity (Wildman–Crippen MR) is 107 cm³/mol. The lowest BCUT2D eigenvalue weighted by Gasteiger charge is -2.39. The molecule has 1 amide bonds. The summed E-state index contributed by atoms with van der Waals surface area (Å²) < 4.78 is 5.64. The number of fused-ring (bicyclic) bond motifs is 1. The Bertz CT molecular complexity index is 895. The number of aliphatic hydroxyl groups is 1. The molecule has 28 heavy (non-hydrogen) atoms. The number of nitrogens with one attached hydrogen (secondary N) is 1. The quantitative estimate of drug-likeness (QED) is 0.837. The number of aryl methyl sites for hydroxylation is 1. The van der Waals surface area contributed by atoms with Crippen LogP contribution in [0.5, 0.6) is 5.75 Å². The van der Waals surface area contributed by atoms with E-state index >= 15 is 0 Å². The van der Waals surface area contributed by atoms with Gasteiger partial charge in [0.05, 0.1) is 24.2 Å². The summed E-state index contributed by atoms with van der Waals surface area (Å²) in [7, 11) is 0. The van der Waals surface area contributed by atoms with E-state index in [4.69, 9.17) is 4.74 Å². The first-order valence-corrected chi connectivity index (χ1v) is 10.4.